The van der Waals surface area contributed by atoms with Gasteiger partial charge in [-0.25, -0.2) is 0 Å². The summed E-state index contributed by atoms with van der Waals surface area (Å²) in [4.78, 5) is 2.46. The first-order valence-corrected chi connectivity index (χ1v) is 9.54. The van der Waals surface area contributed by atoms with Gasteiger partial charge >= 0.3 is 0 Å². The normalized spacial score (nSPS) is 12.5. The van der Waals surface area contributed by atoms with Gasteiger partial charge in [-0.1, -0.05) is 63.7 Å². The summed E-state index contributed by atoms with van der Waals surface area (Å²) >= 11 is 1.77. The van der Waals surface area contributed by atoms with E-state index in [2.05, 4.69) is 77.9 Å². The quantitative estimate of drug-likeness (QED) is 0.764. The van der Waals surface area contributed by atoms with Crippen molar-refractivity contribution in [3.63, 3.8) is 0 Å². The van der Waals surface area contributed by atoms with E-state index >= 15 is 0 Å². The van der Waals surface area contributed by atoms with Crippen LogP contribution in [-0.2, 0) is 10.8 Å². The molecule has 0 atom stereocenters. The lowest BCUT2D eigenvalue weighted by atomic mass is 9.85. The van der Waals surface area contributed by atoms with E-state index < -0.39 is 0 Å². The fourth-order valence-corrected chi connectivity index (χ4v) is 3.62. The average Bonchev–Trinajstić information content (AvgIpc) is 2.58. The molecule has 0 radical (unpaired) electrons. The monoisotopic (exact) mass is 358 g/mol. The standard InChI is InChI=1S/C22H30O2S/c1-15-11-17(21(3,4)13-23)7-9-19(15)25-20-10-8-18(12-16(20)2)22(5,6)14-24/h7-12,23-24H,13-14H2,1-6H3. The fraction of sp³-hybridized carbons (Fsp3) is 0.455. The van der Waals surface area contributed by atoms with Crippen molar-refractivity contribution >= 4 is 11.8 Å². The van der Waals surface area contributed by atoms with E-state index in [4.69, 9.17) is 0 Å². The van der Waals surface area contributed by atoms with Crippen LogP contribution in [0.25, 0.3) is 0 Å². The van der Waals surface area contributed by atoms with Crippen LogP contribution >= 0.6 is 11.8 Å². The van der Waals surface area contributed by atoms with Crippen molar-refractivity contribution < 1.29 is 10.2 Å². The zero-order valence-electron chi connectivity index (χ0n) is 16.2. The predicted molar refractivity (Wildman–Crippen MR) is 107 cm³/mol. The van der Waals surface area contributed by atoms with Crippen molar-refractivity contribution in [3.05, 3.63) is 58.7 Å². The zero-order chi connectivity index (χ0) is 18.8. The number of benzene rings is 2. The molecule has 0 fully saturated rings. The molecule has 0 unspecified atom stereocenters. The molecule has 136 valence electrons. The van der Waals surface area contributed by atoms with Gasteiger partial charge < -0.3 is 10.2 Å². The lowest BCUT2D eigenvalue weighted by Gasteiger charge is -2.24. The highest BCUT2D eigenvalue weighted by Gasteiger charge is 2.21. The number of aliphatic hydroxyl groups is 2. The highest BCUT2D eigenvalue weighted by atomic mass is 32.2. The van der Waals surface area contributed by atoms with Gasteiger partial charge in [0.15, 0.2) is 0 Å². The van der Waals surface area contributed by atoms with Crippen molar-refractivity contribution in [2.45, 2.75) is 62.2 Å². The lowest BCUT2D eigenvalue weighted by molar-refractivity contribution is 0.218. The summed E-state index contributed by atoms with van der Waals surface area (Å²) in [6.07, 6.45) is 0. The van der Waals surface area contributed by atoms with Gasteiger partial charge in [-0.15, -0.1) is 0 Å². The Bertz CT molecular complexity index is 684. The van der Waals surface area contributed by atoms with Crippen molar-refractivity contribution in [1.29, 1.82) is 0 Å². The van der Waals surface area contributed by atoms with Crippen LogP contribution in [0.1, 0.15) is 49.9 Å². The topological polar surface area (TPSA) is 40.5 Å². The number of hydrogen-bond acceptors (Lipinski definition) is 3. The summed E-state index contributed by atoms with van der Waals surface area (Å²) in [7, 11) is 0. The molecule has 0 aromatic heterocycles. The molecule has 3 heteroatoms. The average molecular weight is 359 g/mol. The third-order valence-electron chi connectivity index (χ3n) is 4.92. The Morgan fingerprint density at radius 1 is 0.720 bits per heavy atom. The number of aliphatic hydroxyl groups excluding tert-OH is 2. The summed E-state index contributed by atoms with van der Waals surface area (Å²) in [6, 6.07) is 12.9. The van der Waals surface area contributed by atoms with Crippen LogP contribution in [0, 0.1) is 13.8 Å². The minimum absolute atomic E-state index is 0.139. The van der Waals surface area contributed by atoms with Crippen LogP contribution in [-0.4, -0.2) is 23.4 Å². The largest absolute Gasteiger partial charge is 0.395 e. The Labute approximate surface area is 156 Å². The molecule has 2 nitrogen and oxygen atoms in total. The number of aryl methyl sites for hydroxylation is 2. The Morgan fingerprint density at radius 2 is 1.08 bits per heavy atom. The molecular formula is C22H30O2S. The lowest BCUT2D eigenvalue weighted by Crippen LogP contribution is -2.22. The van der Waals surface area contributed by atoms with Crippen LogP contribution in [0.3, 0.4) is 0 Å². The Kier molecular flexibility index (Phi) is 6.03. The third-order valence-corrected chi connectivity index (χ3v) is 6.28. The van der Waals surface area contributed by atoms with Gasteiger partial charge in [-0.05, 0) is 48.2 Å². The van der Waals surface area contributed by atoms with Gasteiger partial charge in [0.1, 0.15) is 0 Å². The number of hydrogen-bond donors (Lipinski definition) is 2. The summed E-state index contributed by atoms with van der Waals surface area (Å²) < 4.78 is 0. The molecule has 2 aromatic carbocycles. The fourth-order valence-electron chi connectivity index (χ4n) is 2.67. The summed E-state index contributed by atoms with van der Waals surface area (Å²) in [6.45, 7) is 12.7. The molecule has 2 rings (SSSR count). The van der Waals surface area contributed by atoms with E-state index in [-0.39, 0.29) is 24.0 Å². The van der Waals surface area contributed by atoms with Crippen LogP contribution < -0.4 is 0 Å². The maximum atomic E-state index is 9.57. The van der Waals surface area contributed by atoms with Crippen LogP contribution in [0.5, 0.6) is 0 Å². The molecule has 0 amide bonds. The van der Waals surface area contributed by atoms with Gasteiger partial charge in [0.05, 0.1) is 13.2 Å². The van der Waals surface area contributed by atoms with Crippen LogP contribution in [0.2, 0.25) is 0 Å². The first-order chi connectivity index (χ1) is 11.6. The Morgan fingerprint density at radius 3 is 1.36 bits per heavy atom. The molecular weight excluding hydrogens is 328 g/mol. The SMILES string of the molecule is Cc1cc(C(C)(C)CO)ccc1Sc1ccc(C(C)(C)CO)cc1C. The molecule has 25 heavy (non-hydrogen) atoms. The van der Waals surface area contributed by atoms with Gasteiger partial charge in [-0.2, -0.15) is 0 Å². The Hall–Kier alpha value is -1.29. The maximum Gasteiger partial charge on any atom is 0.0522 e. The maximum absolute atomic E-state index is 9.57. The van der Waals surface area contributed by atoms with Crippen LogP contribution in [0.15, 0.2) is 46.2 Å². The summed E-state index contributed by atoms with van der Waals surface area (Å²) in [5.74, 6) is 0. The predicted octanol–water partition coefficient (Wildman–Crippen LogP) is 4.99. The second kappa shape index (κ2) is 7.53. The zero-order valence-corrected chi connectivity index (χ0v) is 17.0. The Balaban J connectivity index is 2.29. The summed E-state index contributed by atoms with van der Waals surface area (Å²) in [5.41, 5.74) is 4.33. The van der Waals surface area contributed by atoms with Gasteiger partial charge in [0.2, 0.25) is 0 Å². The van der Waals surface area contributed by atoms with Gasteiger partial charge in [0.25, 0.3) is 0 Å². The summed E-state index contributed by atoms with van der Waals surface area (Å²) in [5, 5.41) is 19.1. The molecule has 0 heterocycles. The van der Waals surface area contributed by atoms with Crippen molar-refractivity contribution in [3.8, 4) is 0 Å². The molecule has 2 N–H and O–H groups in total. The first kappa shape index (κ1) is 20.0. The molecule has 0 saturated heterocycles. The third kappa shape index (κ3) is 4.46. The highest BCUT2D eigenvalue weighted by molar-refractivity contribution is 7.99. The van der Waals surface area contributed by atoms with E-state index in [1.54, 1.807) is 11.8 Å². The minimum atomic E-state index is -0.221. The molecule has 0 aliphatic carbocycles. The molecule has 0 aliphatic heterocycles. The van der Waals surface area contributed by atoms with E-state index in [1.807, 2.05) is 0 Å². The van der Waals surface area contributed by atoms with E-state index in [1.165, 1.54) is 20.9 Å². The van der Waals surface area contributed by atoms with E-state index in [0.717, 1.165) is 11.1 Å². The highest BCUT2D eigenvalue weighted by Crippen LogP contribution is 2.36. The smallest absolute Gasteiger partial charge is 0.0522 e. The van der Waals surface area contributed by atoms with Gasteiger partial charge in [0, 0.05) is 20.6 Å². The van der Waals surface area contributed by atoms with E-state index in [0.29, 0.717) is 0 Å². The molecule has 2 aromatic rings. The van der Waals surface area contributed by atoms with Crippen molar-refractivity contribution in [2.24, 2.45) is 0 Å². The second-order valence-electron chi connectivity index (χ2n) is 8.15. The van der Waals surface area contributed by atoms with Crippen molar-refractivity contribution in [1.82, 2.24) is 0 Å². The van der Waals surface area contributed by atoms with E-state index in [9.17, 15) is 10.2 Å². The van der Waals surface area contributed by atoms with Gasteiger partial charge in [-0.3, -0.25) is 0 Å². The minimum Gasteiger partial charge on any atom is -0.395 e. The number of rotatable bonds is 6. The molecule has 0 bridgehead atoms. The van der Waals surface area contributed by atoms with Crippen LogP contribution in [0.4, 0.5) is 0 Å². The molecule has 0 spiro atoms. The molecule has 0 aliphatic rings. The molecule has 0 saturated carbocycles. The van der Waals surface area contributed by atoms with Crippen molar-refractivity contribution in [2.75, 3.05) is 13.2 Å². The second-order valence-corrected chi connectivity index (χ2v) is 9.23. The first-order valence-electron chi connectivity index (χ1n) is 8.72.